The van der Waals surface area contributed by atoms with Crippen LogP contribution in [0, 0.1) is 41.4 Å². The summed E-state index contributed by atoms with van der Waals surface area (Å²) in [7, 11) is 9.83. The zero-order valence-electron chi connectivity index (χ0n) is 61.6. The lowest BCUT2D eigenvalue weighted by Crippen LogP contribution is -2.70. The van der Waals surface area contributed by atoms with Gasteiger partial charge in [0, 0.05) is 67.8 Å². The summed E-state index contributed by atoms with van der Waals surface area (Å²) in [5, 5.41) is 26.8. The highest BCUT2D eigenvalue weighted by Crippen LogP contribution is 2.33. The van der Waals surface area contributed by atoms with Crippen LogP contribution in [0.3, 0.4) is 0 Å². The second kappa shape index (κ2) is 39.0. The number of nitrogens with zero attached hydrogens (tertiary/aromatic N) is 7. The van der Waals surface area contributed by atoms with E-state index in [0.29, 0.717) is 0 Å². The van der Waals surface area contributed by atoms with Crippen LogP contribution in [0.1, 0.15) is 176 Å². The molecule has 1 saturated heterocycles. The molecule has 1 aliphatic heterocycles. The van der Waals surface area contributed by atoms with Crippen molar-refractivity contribution in [2.75, 3.05) is 69.0 Å². The molecule has 6 N–H and O–H groups in total. The molecule has 0 spiro atoms. The summed E-state index contributed by atoms with van der Waals surface area (Å²) < 4.78 is 6.77. The molecule has 534 valence electrons. The summed E-state index contributed by atoms with van der Waals surface area (Å²) in [6.45, 7) is 33.2. The van der Waals surface area contributed by atoms with Gasteiger partial charge in [0.15, 0.2) is 0 Å². The van der Waals surface area contributed by atoms with Crippen LogP contribution in [0.2, 0.25) is 0 Å². The summed E-state index contributed by atoms with van der Waals surface area (Å²) >= 11 is 0. The average molecular weight is 1320 g/mol. The molecule has 0 aromatic rings. The minimum atomic E-state index is -2.24. The van der Waals surface area contributed by atoms with Crippen LogP contribution in [0.25, 0.3) is 0 Å². The number of ether oxygens (including phenoxy) is 1. The number of aliphatic hydroxyl groups excluding tert-OH is 1. The van der Waals surface area contributed by atoms with Crippen molar-refractivity contribution < 1.29 is 62.6 Å². The first-order valence-electron chi connectivity index (χ1n) is 33.8. The fourth-order valence-corrected chi connectivity index (χ4v) is 11.6. The minimum Gasteiger partial charge on any atom is -0.390 e. The van der Waals surface area contributed by atoms with Gasteiger partial charge < -0.3 is 70.7 Å². The first-order chi connectivity index (χ1) is 43.0. The topological polar surface area (TPSA) is 300 Å². The Labute approximate surface area is 557 Å². The van der Waals surface area contributed by atoms with E-state index in [4.69, 9.17) is 4.74 Å². The van der Waals surface area contributed by atoms with Gasteiger partial charge in [0.2, 0.25) is 64.8 Å². The standard InChI is InChI=1S/C68H124N12O13/c1-27-30-31-45(16)57(82)56-61(86)72-49(29-3)63(88)74(20)38-54(81)75(21)50(34-39(4)5)60(85)73-55(43(12)13)66(91)76(22)51(35-40(6)7)59(84)70-47(18)58(83)71-48(19)62(87)77(23)52(36-41(8)9)64(89)78(24)53(37-42(10)11)65(90)80(26)68(44(14)15,67(92)79(56)25)93-33-32-69-46(17)28-2/h27,30,39-53,55-57,69,82H,28-29,31-38H2,1-26H3,(H,70,84)(H,71,83)(H,72,86)(H,73,85)/b30-27+/t45-,46?,47+,48-,49+,50+,51+,52+,53+,55+,56+,57-,68+/m1/s1. The van der Waals surface area contributed by atoms with Gasteiger partial charge in [-0.1, -0.05) is 116 Å². The molecule has 1 unspecified atom stereocenters. The van der Waals surface area contributed by atoms with Crippen LogP contribution >= 0.6 is 0 Å². The Bertz CT molecular complexity index is 2530. The van der Waals surface area contributed by atoms with E-state index in [1.165, 1.54) is 82.8 Å². The number of hydrogen-bond donors (Lipinski definition) is 6. The van der Waals surface area contributed by atoms with E-state index in [1.807, 2.05) is 69.2 Å². The zero-order chi connectivity index (χ0) is 72.0. The molecule has 0 aromatic carbocycles. The molecule has 25 nitrogen and oxygen atoms in total. The van der Waals surface area contributed by atoms with Crippen molar-refractivity contribution in [2.24, 2.45) is 41.4 Å². The molecular weight excluding hydrogens is 1190 g/mol. The number of amides is 11. The summed E-state index contributed by atoms with van der Waals surface area (Å²) in [4.78, 5) is 172. The van der Waals surface area contributed by atoms with Gasteiger partial charge in [-0.25, -0.2) is 0 Å². The first-order valence-corrected chi connectivity index (χ1v) is 33.8. The first kappa shape index (κ1) is 84.8. The van der Waals surface area contributed by atoms with Crippen LogP contribution < -0.4 is 26.6 Å². The van der Waals surface area contributed by atoms with Crippen molar-refractivity contribution in [1.82, 2.24) is 60.9 Å². The summed E-state index contributed by atoms with van der Waals surface area (Å²) in [6, 6.07) is -11.5. The molecule has 0 aromatic heterocycles. The fourth-order valence-electron chi connectivity index (χ4n) is 11.6. The third kappa shape index (κ3) is 23.6. The van der Waals surface area contributed by atoms with Gasteiger partial charge in [0.05, 0.1) is 19.3 Å². The lowest BCUT2D eigenvalue weighted by atomic mass is 9.89. The van der Waals surface area contributed by atoms with Crippen LogP contribution in [-0.4, -0.2) is 246 Å². The lowest BCUT2D eigenvalue weighted by molar-refractivity contribution is -0.208. The maximum Gasteiger partial charge on any atom is 0.276 e. The van der Waals surface area contributed by atoms with Gasteiger partial charge in [-0.15, -0.1) is 0 Å². The number of rotatable bonds is 21. The largest absolute Gasteiger partial charge is 0.390 e. The Morgan fingerprint density at radius 3 is 1.49 bits per heavy atom. The van der Waals surface area contributed by atoms with Gasteiger partial charge in [0.1, 0.15) is 54.4 Å². The second-order valence-corrected chi connectivity index (χ2v) is 28.3. The van der Waals surface area contributed by atoms with Gasteiger partial charge in [-0.3, -0.25) is 52.7 Å². The molecule has 93 heavy (non-hydrogen) atoms. The predicted octanol–water partition coefficient (Wildman–Crippen LogP) is 4.00. The van der Waals surface area contributed by atoms with Gasteiger partial charge in [0.25, 0.3) is 5.91 Å². The Morgan fingerprint density at radius 1 is 0.559 bits per heavy atom. The van der Waals surface area contributed by atoms with Gasteiger partial charge in [-0.05, 0) is 108 Å². The molecule has 1 fully saturated rings. The summed E-state index contributed by atoms with van der Waals surface area (Å²) in [6.07, 6.45) is 3.51. The third-order valence-electron chi connectivity index (χ3n) is 17.8. The van der Waals surface area contributed by atoms with Crippen LogP contribution in [-0.2, 0) is 57.5 Å². The maximum absolute atomic E-state index is 16.1. The van der Waals surface area contributed by atoms with E-state index in [0.717, 1.165) is 21.1 Å². The molecule has 11 amide bonds. The summed E-state index contributed by atoms with van der Waals surface area (Å²) in [5.41, 5.74) is -2.24. The number of allylic oxidation sites excluding steroid dienone is 2. The maximum atomic E-state index is 16.1. The number of aliphatic hydroxyl groups is 1. The molecule has 0 radical (unpaired) electrons. The fraction of sp³-hybridized carbons (Fsp3) is 0.809. The van der Waals surface area contributed by atoms with Crippen molar-refractivity contribution in [3.8, 4) is 0 Å². The molecule has 0 saturated carbocycles. The highest BCUT2D eigenvalue weighted by molar-refractivity contribution is 6.00. The number of carbonyl (C=O) groups is 11. The van der Waals surface area contributed by atoms with Crippen LogP contribution in [0.15, 0.2) is 12.2 Å². The molecule has 0 bridgehead atoms. The summed E-state index contributed by atoms with van der Waals surface area (Å²) in [5.74, 6) is -10.7. The monoisotopic (exact) mass is 1320 g/mol. The number of hydrogen-bond acceptors (Lipinski definition) is 14. The second-order valence-electron chi connectivity index (χ2n) is 28.3. The number of carbonyl (C=O) groups excluding carboxylic acids is 11. The van der Waals surface area contributed by atoms with Crippen molar-refractivity contribution in [2.45, 2.75) is 249 Å². The van der Waals surface area contributed by atoms with Crippen molar-refractivity contribution in [1.29, 1.82) is 0 Å². The number of nitrogens with one attached hydrogen (secondary N) is 5. The van der Waals surface area contributed by atoms with E-state index in [2.05, 4.69) is 26.6 Å². The van der Waals surface area contributed by atoms with E-state index in [1.54, 1.807) is 60.6 Å². The normalized spacial score (nSPS) is 26.8. The molecule has 13 atom stereocenters. The Kier molecular flexibility index (Phi) is 35.5. The highest BCUT2D eigenvalue weighted by Gasteiger charge is 2.55. The smallest absolute Gasteiger partial charge is 0.276 e. The highest BCUT2D eigenvalue weighted by atomic mass is 16.5. The Hall–Kier alpha value is -6.21. The molecule has 1 heterocycles. The predicted molar refractivity (Wildman–Crippen MR) is 361 cm³/mol. The Morgan fingerprint density at radius 2 is 1.02 bits per heavy atom. The van der Waals surface area contributed by atoms with E-state index < -0.39 is 155 Å². The van der Waals surface area contributed by atoms with Crippen molar-refractivity contribution in [3.63, 3.8) is 0 Å². The van der Waals surface area contributed by atoms with Gasteiger partial charge in [-0.2, -0.15) is 0 Å². The van der Waals surface area contributed by atoms with Crippen molar-refractivity contribution in [3.05, 3.63) is 12.2 Å². The molecule has 0 aliphatic carbocycles. The SMILES string of the molecule is C/C=C/C[C@@H](C)[C@@H](O)[C@H]1C(=O)N[C@@H](CC)C(=O)N(C)CC(=O)N(C)[C@@H](CC(C)C)C(=O)N[C@@H](C(C)C)C(=O)N(C)[C@@H](CC(C)C)C(=O)N[C@@H](C)C(=O)N[C@H](C)C(=O)N(C)[C@@H](CC(C)C)C(=O)N(C)[C@@H](CC(C)C)C(=O)N(C)[C@](OCCNC(C)CC)(C(C)C)C(=O)N1C. The molecule has 25 heteroatoms. The van der Waals surface area contributed by atoms with E-state index in [-0.39, 0.29) is 81.4 Å². The van der Waals surface area contributed by atoms with E-state index >= 15 is 19.2 Å². The molecule has 1 aliphatic rings. The lowest BCUT2D eigenvalue weighted by Gasteiger charge is -2.48. The molecular formula is C68H124N12O13. The van der Waals surface area contributed by atoms with E-state index in [9.17, 15) is 38.7 Å². The van der Waals surface area contributed by atoms with Crippen LogP contribution in [0.5, 0.6) is 0 Å². The molecule has 1 rings (SSSR count). The van der Waals surface area contributed by atoms with Crippen molar-refractivity contribution >= 4 is 65.0 Å². The third-order valence-corrected chi connectivity index (χ3v) is 17.8. The number of likely N-dealkylation sites (N-methyl/N-ethyl adjacent to an activating group) is 7. The van der Waals surface area contributed by atoms with Crippen LogP contribution in [0.4, 0.5) is 0 Å². The van der Waals surface area contributed by atoms with Gasteiger partial charge >= 0.3 is 0 Å². The zero-order valence-corrected chi connectivity index (χ0v) is 61.6. The Balaban J connectivity index is 4.58. The average Bonchev–Trinajstić information content (AvgIpc) is 0.814. The minimum absolute atomic E-state index is 0.0112. The quantitative estimate of drug-likeness (QED) is 0.0700.